The van der Waals surface area contributed by atoms with Crippen molar-refractivity contribution in [3.05, 3.63) is 0 Å². The van der Waals surface area contributed by atoms with E-state index >= 15 is 0 Å². The molecule has 0 saturated carbocycles. The summed E-state index contributed by atoms with van der Waals surface area (Å²) < 4.78 is 12.0. The van der Waals surface area contributed by atoms with E-state index in [1.807, 2.05) is 0 Å². The van der Waals surface area contributed by atoms with Gasteiger partial charge in [-0.3, -0.25) is 0 Å². The Hall–Kier alpha value is -0.200. The van der Waals surface area contributed by atoms with Crippen molar-refractivity contribution in [1.82, 2.24) is 0 Å². The number of rotatable bonds is 1. The predicted octanol–water partition coefficient (Wildman–Crippen LogP) is -2.54. The molecule has 0 aromatic rings. The van der Waals surface area contributed by atoms with Gasteiger partial charge < -0.3 is 25.2 Å². The molecule has 1 aliphatic rings. The zero-order valence-electron chi connectivity index (χ0n) is 6.84. The molecule has 1 rings (SSSR count). The molecule has 66 valence electrons. The summed E-state index contributed by atoms with van der Waals surface area (Å²) >= 11 is 0. The normalized spacial score (nSPS) is 53.8. The number of ether oxygens (including phenoxy) is 1. The highest BCUT2D eigenvalue weighted by molar-refractivity contribution is 4.85. The Morgan fingerprint density at radius 2 is 2.00 bits per heavy atom. The topological polar surface area (TPSA) is 90.2 Å². The molecular formula is C6H12O5. The van der Waals surface area contributed by atoms with Crippen LogP contribution in [0.2, 0.25) is 0 Å². The predicted molar refractivity (Wildman–Crippen MR) is 34.8 cm³/mol. The SMILES string of the molecule is [2H][C@]1(CO)OC[C@H](O)[C@@H](O)[C@@H]1O. The zero-order valence-corrected chi connectivity index (χ0v) is 5.84. The average Bonchev–Trinajstić information content (AvgIpc) is 2.09. The van der Waals surface area contributed by atoms with Crippen molar-refractivity contribution >= 4 is 0 Å². The molecule has 1 saturated heterocycles. The maximum Gasteiger partial charge on any atom is 0.111 e. The summed E-state index contributed by atoms with van der Waals surface area (Å²) in [5, 5.41) is 35.9. The van der Waals surface area contributed by atoms with Crippen LogP contribution >= 0.6 is 0 Å². The lowest BCUT2D eigenvalue weighted by Gasteiger charge is -2.34. The zero-order chi connectivity index (χ0) is 9.35. The van der Waals surface area contributed by atoms with E-state index in [0.717, 1.165) is 0 Å². The van der Waals surface area contributed by atoms with Crippen LogP contribution in [-0.4, -0.2) is 58.0 Å². The first-order chi connectivity index (χ1) is 5.51. The second-order valence-corrected chi connectivity index (χ2v) is 2.44. The van der Waals surface area contributed by atoms with Gasteiger partial charge in [0, 0.05) is 0 Å². The van der Waals surface area contributed by atoms with Gasteiger partial charge >= 0.3 is 0 Å². The van der Waals surface area contributed by atoms with Gasteiger partial charge in [-0.05, 0) is 0 Å². The Morgan fingerprint density at radius 1 is 1.36 bits per heavy atom. The van der Waals surface area contributed by atoms with Crippen molar-refractivity contribution in [2.75, 3.05) is 13.2 Å². The van der Waals surface area contributed by atoms with Crippen LogP contribution in [0.4, 0.5) is 0 Å². The van der Waals surface area contributed by atoms with Gasteiger partial charge in [-0.2, -0.15) is 0 Å². The van der Waals surface area contributed by atoms with E-state index in [2.05, 4.69) is 4.74 Å². The number of aliphatic hydroxyl groups excluding tert-OH is 4. The smallest absolute Gasteiger partial charge is 0.111 e. The first-order valence-electron chi connectivity index (χ1n) is 3.80. The fraction of sp³-hybridized carbons (Fsp3) is 1.00. The van der Waals surface area contributed by atoms with Crippen molar-refractivity contribution in [2.45, 2.75) is 24.4 Å². The van der Waals surface area contributed by atoms with E-state index < -0.39 is 31.0 Å². The lowest BCUT2D eigenvalue weighted by atomic mass is 10.0. The third kappa shape index (κ3) is 1.69. The molecule has 1 heterocycles. The first kappa shape index (κ1) is 7.45. The number of aliphatic hydroxyl groups is 4. The average molecular weight is 165 g/mol. The standard InChI is InChI=1S/C6H12O5/c7-1-4-6(10)5(9)3(8)2-11-4/h3-10H,1-2H2/t3-,4+,5+,6+/m0/s1/i4D. The summed E-state index contributed by atoms with van der Waals surface area (Å²) in [7, 11) is 0. The van der Waals surface area contributed by atoms with Gasteiger partial charge in [-0.1, -0.05) is 0 Å². The van der Waals surface area contributed by atoms with Crippen LogP contribution < -0.4 is 0 Å². The molecule has 0 aromatic carbocycles. The van der Waals surface area contributed by atoms with Gasteiger partial charge in [0.25, 0.3) is 0 Å². The molecule has 0 bridgehead atoms. The van der Waals surface area contributed by atoms with Gasteiger partial charge in [-0.15, -0.1) is 0 Å². The molecule has 1 fully saturated rings. The van der Waals surface area contributed by atoms with Crippen LogP contribution in [0.1, 0.15) is 1.37 Å². The largest absolute Gasteiger partial charge is 0.394 e. The Bertz CT molecular complexity index is 166. The van der Waals surface area contributed by atoms with E-state index in [1.54, 1.807) is 0 Å². The minimum atomic E-state index is -1.92. The summed E-state index contributed by atoms with van der Waals surface area (Å²) in [6.45, 7) is -0.986. The second-order valence-electron chi connectivity index (χ2n) is 2.44. The summed E-state index contributed by atoms with van der Waals surface area (Å²) in [6, 6.07) is 0. The molecule has 1 aliphatic heterocycles. The third-order valence-corrected chi connectivity index (χ3v) is 1.64. The Morgan fingerprint density at radius 3 is 2.55 bits per heavy atom. The molecule has 5 heteroatoms. The van der Waals surface area contributed by atoms with E-state index in [9.17, 15) is 5.11 Å². The lowest BCUT2D eigenvalue weighted by Crippen LogP contribution is -2.53. The van der Waals surface area contributed by atoms with Crippen molar-refractivity contribution < 1.29 is 26.5 Å². The van der Waals surface area contributed by atoms with Crippen LogP contribution in [0, 0.1) is 0 Å². The number of hydrogen-bond acceptors (Lipinski definition) is 5. The summed E-state index contributed by atoms with van der Waals surface area (Å²) in [4.78, 5) is 0. The molecule has 4 N–H and O–H groups in total. The van der Waals surface area contributed by atoms with E-state index in [1.165, 1.54) is 0 Å². The van der Waals surface area contributed by atoms with Gasteiger partial charge in [0.05, 0.1) is 14.6 Å². The maximum absolute atomic E-state index is 9.18. The van der Waals surface area contributed by atoms with E-state index in [-0.39, 0.29) is 6.61 Å². The van der Waals surface area contributed by atoms with Gasteiger partial charge in [0.2, 0.25) is 0 Å². The molecular weight excluding hydrogens is 152 g/mol. The van der Waals surface area contributed by atoms with Gasteiger partial charge in [0.15, 0.2) is 0 Å². The van der Waals surface area contributed by atoms with Crippen molar-refractivity contribution in [3.8, 4) is 0 Å². The highest BCUT2D eigenvalue weighted by atomic mass is 16.5. The van der Waals surface area contributed by atoms with Gasteiger partial charge in [-0.25, -0.2) is 0 Å². The van der Waals surface area contributed by atoms with Crippen LogP contribution in [0.25, 0.3) is 0 Å². The highest BCUT2D eigenvalue weighted by Crippen LogP contribution is 2.14. The maximum atomic E-state index is 9.18. The van der Waals surface area contributed by atoms with E-state index in [0.29, 0.717) is 0 Å². The van der Waals surface area contributed by atoms with Gasteiger partial charge in [0.1, 0.15) is 24.4 Å². The molecule has 11 heavy (non-hydrogen) atoms. The van der Waals surface area contributed by atoms with Crippen molar-refractivity contribution in [3.63, 3.8) is 0 Å². The number of hydrogen-bond donors (Lipinski definition) is 4. The second kappa shape index (κ2) is 3.46. The van der Waals surface area contributed by atoms with Crippen molar-refractivity contribution in [2.24, 2.45) is 0 Å². The molecule has 0 aromatic heterocycles. The molecule has 0 aliphatic carbocycles. The Balaban J connectivity index is 2.71. The first-order valence-corrected chi connectivity index (χ1v) is 3.30. The molecule has 4 atom stereocenters. The summed E-state index contributed by atoms with van der Waals surface area (Å²) in [5.41, 5.74) is 0. The summed E-state index contributed by atoms with van der Waals surface area (Å²) in [6.07, 6.45) is -6.15. The van der Waals surface area contributed by atoms with Crippen LogP contribution in [0.5, 0.6) is 0 Å². The van der Waals surface area contributed by atoms with Crippen molar-refractivity contribution in [1.29, 1.82) is 0 Å². The minimum Gasteiger partial charge on any atom is -0.394 e. The van der Waals surface area contributed by atoms with E-state index in [4.69, 9.17) is 16.7 Å². The summed E-state index contributed by atoms with van der Waals surface area (Å²) in [5.74, 6) is 0. The minimum absolute atomic E-state index is 0.262. The molecule has 0 unspecified atom stereocenters. The molecule has 5 nitrogen and oxygen atoms in total. The third-order valence-electron chi connectivity index (χ3n) is 1.64. The monoisotopic (exact) mass is 165 g/mol. The van der Waals surface area contributed by atoms with Crippen LogP contribution in [-0.2, 0) is 4.74 Å². The molecule has 0 amide bonds. The fourth-order valence-corrected chi connectivity index (χ4v) is 0.916. The lowest BCUT2D eigenvalue weighted by molar-refractivity contribution is -0.195. The fourth-order valence-electron chi connectivity index (χ4n) is 0.916. The quantitative estimate of drug-likeness (QED) is 0.344. The Kier molecular flexibility index (Phi) is 2.35. The molecule has 0 radical (unpaired) electrons. The van der Waals surface area contributed by atoms with Crippen LogP contribution in [0.15, 0.2) is 0 Å². The highest BCUT2D eigenvalue weighted by Gasteiger charge is 2.36. The molecule has 0 spiro atoms. The Labute approximate surface area is 65.3 Å². The van der Waals surface area contributed by atoms with Crippen LogP contribution in [0.3, 0.4) is 0 Å².